The summed E-state index contributed by atoms with van der Waals surface area (Å²) >= 11 is 9.33. The van der Waals surface area contributed by atoms with Crippen LogP contribution in [0.3, 0.4) is 0 Å². The lowest BCUT2D eigenvalue weighted by atomic mass is 10.1. The highest BCUT2D eigenvalue weighted by molar-refractivity contribution is 9.09. The molecule has 0 heterocycles. The van der Waals surface area contributed by atoms with Gasteiger partial charge in [-0.3, -0.25) is 0 Å². The van der Waals surface area contributed by atoms with Crippen molar-refractivity contribution < 1.29 is 4.74 Å². The molecule has 0 bridgehead atoms. The molecule has 2 rings (SSSR count). The zero-order valence-electron chi connectivity index (χ0n) is 13.2. The summed E-state index contributed by atoms with van der Waals surface area (Å²) in [5, 5.41) is 1.86. The molecule has 0 aliphatic heterocycles. The average molecular weight is 394 g/mol. The Bertz CT molecular complexity index is 590. The van der Waals surface area contributed by atoms with Crippen LogP contribution < -0.4 is 4.74 Å². The average Bonchev–Trinajstić information content (AvgIpc) is 2.58. The molecule has 2 aromatic rings. The Morgan fingerprint density at radius 1 is 0.783 bits per heavy atom. The molecule has 0 fully saturated rings. The van der Waals surface area contributed by atoms with Crippen molar-refractivity contribution in [1.82, 2.24) is 0 Å². The first-order valence-electron chi connectivity index (χ1n) is 8.00. The van der Waals surface area contributed by atoms with Crippen molar-refractivity contribution in [3.05, 3.63) is 64.7 Å². The summed E-state index contributed by atoms with van der Waals surface area (Å²) in [6.45, 7) is 0.794. The molecule has 0 aliphatic rings. The molecule has 0 spiro atoms. The van der Waals surface area contributed by atoms with E-state index >= 15 is 0 Å². The van der Waals surface area contributed by atoms with Crippen LogP contribution in [0.2, 0.25) is 5.02 Å². The van der Waals surface area contributed by atoms with Crippen molar-refractivity contribution in [2.45, 2.75) is 25.7 Å². The van der Waals surface area contributed by atoms with Gasteiger partial charge in [-0.15, -0.1) is 0 Å². The van der Waals surface area contributed by atoms with E-state index in [0.29, 0.717) is 0 Å². The molecule has 3 heteroatoms. The number of alkyl halides is 1. The quantitative estimate of drug-likeness (QED) is 0.257. The van der Waals surface area contributed by atoms with Crippen LogP contribution in [-0.2, 0) is 0 Å². The standard InChI is InChI=1S/C20H22BrClO/c21-15-3-1-2-4-16-23-20-13-9-18(10-14-20)6-5-17-7-11-19(22)12-8-17/h5-14H,1-4,15-16H2/b6-5+. The SMILES string of the molecule is Clc1ccc(/C=C/c2ccc(OCCCCCCBr)cc2)cc1. The van der Waals surface area contributed by atoms with Crippen molar-refractivity contribution in [3.8, 4) is 5.75 Å². The number of benzene rings is 2. The molecular weight excluding hydrogens is 372 g/mol. The van der Waals surface area contributed by atoms with Crippen LogP contribution in [0.5, 0.6) is 5.75 Å². The van der Waals surface area contributed by atoms with Crippen LogP contribution in [0.4, 0.5) is 0 Å². The first-order valence-corrected chi connectivity index (χ1v) is 9.50. The molecule has 2 aromatic carbocycles. The van der Waals surface area contributed by atoms with Gasteiger partial charge in [0.25, 0.3) is 0 Å². The van der Waals surface area contributed by atoms with Gasteiger partial charge in [0.1, 0.15) is 5.75 Å². The molecule has 1 nitrogen and oxygen atoms in total. The van der Waals surface area contributed by atoms with Gasteiger partial charge in [-0.05, 0) is 48.2 Å². The third-order valence-electron chi connectivity index (χ3n) is 3.52. The van der Waals surface area contributed by atoms with E-state index < -0.39 is 0 Å². The van der Waals surface area contributed by atoms with E-state index in [1.165, 1.54) is 19.3 Å². The number of unbranched alkanes of at least 4 members (excludes halogenated alkanes) is 3. The fourth-order valence-electron chi connectivity index (χ4n) is 2.18. The molecule has 122 valence electrons. The lowest BCUT2D eigenvalue weighted by molar-refractivity contribution is 0.305. The minimum Gasteiger partial charge on any atom is -0.494 e. The summed E-state index contributed by atoms with van der Waals surface area (Å²) in [4.78, 5) is 0. The van der Waals surface area contributed by atoms with Gasteiger partial charge < -0.3 is 4.74 Å². The zero-order chi connectivity index (χ0) is 16.3. The second-order valence-electron chi connectivity index (χ2n) is 5.41. The third kappa shape index (κ3) is 7.24. The van der Waals surface area contributed by atoms with E-state index in [0.717, 1.165) is 40.3 Å². The second kappa shape index (κ2) is 10.5. The summed E-state index contributed by atoms with van der Waals surface area (Å²) < 4.78 is 5.77. The highest BCUT2D eigenvalue weighted by Crippen LogP contribution is 2.16. The predicted octanol–water partition coefficient (Wildman–Crippen LogP) is 6.84. The van der Waals surface area contributed by atoms with Gasteiger partial charge in [0.2, 0.25) is 0 Å². The highest BCUT2D eigenvalue weighted by Gasteiger charge is 1.95. The molecule has 0 N–H and O–H groups in total. The van der Waals surface area contributed by atoms with E-state index in [4.69, 9.17) is 16.3 Å². The Morgan fingerprint density at radius 2 is 1.35 bits per heavy atom. The molecule has 0 aliphatic carbocycles. The smallest absolute Gasteiger partial charge is 0.119 e. The molecule has 23 heavy (non-hydrogen) atoms. The van der Waals surface area contributed by atoms with Gasteiger partial charge in [0, 0.05) is 10.4 Å². The van der Waals surface area contributed by atoms with Crippen LogP contribution in [0.15, 0.2) is 48.5 Å². The minimum atomic E-state index is 0.760. The summed E-state index contributed by atoms with van der Waals surface area (Å²) in [6.07, 6.45) is 9.03. The van der Waals surface area contributed by atoms with E-state index in [2.05, 4.69) is 40.2 Å². The number of hydrogen-bond acceptors (Lipinski definition) is 1. The van der Waals surface area contributed by atoms with Gasteiger partial charge >= 0.3 is 0 Å². The number of ether oxygens (including phenoxy) is 1. The van der Waals surface area contributed by atoms with Crippen LogP contribution >= 0.6 is 27.5 Å². The normalized spacial score (nSPS) is 11.0. The molecule has 0 saturated carbocycles. The van der Waals surface area contributed by atoms with Gasteiger partial charge in [-0.25, -0.2) is 0 Å². The Hall–Kier alpha value is -1.25. The van der Waals surface area contributed by atoms with Gasteiger partial charge in [-0.2, -0.15) is 0 Å². The first kappa shape index (κ1) is 18.1. The summed E-state index contributed by atoms with van der Waals surface area (Å²) in [5.74, 6) is 0.939. The number of rotatable bonds is 9. The molecule has 0 saturated heterocycles. The fraction of sp³-hybridized carbons (Fsp3) is 0.300. The van der Waals surface area contributed by atoms with E-state index in [9.17, 15) is 0 Å². The fourth-order valence-corrected chi connectivity index (χ4v) is 2.70. The molecule has 0 atom stereocenters. The highest BCUT2D eigenvalue weighted by atomic mass is 79.9. The predicted molar refractivity (Wildman–Crippen MR) is 105 cm³/mol. The Labute approximate surface area is 152 Å². The largest absolute Gasteiger partial charge is 0.494 e. The van der Waals surface area contributed by atoms with Crippen LogP contribution in [-0.4, -0.2) is 11.9 Å². The van der Waals surface area contributed by atoms with Crippen LogP contribution in [0, 0.1) is 0 Å². The van der Waals surface area contributed by atoms with Crippen LogP contribution in [0.25, 0.3) is 12.2 Å². The van der Waals surface area contributed by atoms with E-state index in [1.807, 2.05) is 36.4 Å². The van der Waals surface area contributed by atoms with Crippen molar-refractivity contribution in [2.24, 2.45) is 0 Å². The van der Waals surface area contributed by atoms with Crippen molar-refractivity contribution in [1.29, 1.82) is 0 Å². The summed E-state index contributed by atoms with van der Waals surface area (Å²) in [7, 11) is 0. The second-order valence-corrected chi connectivity index (χ2v) is 6.64. The Balaban J connectivity index is 1.76. The number of hydrogen-bond donors (Lipinski definition) is 0. The minimum absolute atomic E-state index is 0.760. The third-order valence-corrected chi connectivity index (χ3v) is 4.33. The maximum absolute atomic E-state index is 5.88. The summed E-state index contributed by atoms with van der Waals surface area (Å²) in [5.41, 5.74) is 2.29. The van der Waals surface area contributed by atoms with Crippen LogP contribution in [0.1, 0.15) is 36.8 Å². The topological polar surface area (TPSA) is 9.23 Å². The maximum Gasteiger partial charge on any atom is 0.119 e. The van der Waals surface area contributed by atoms with Gasteiger partial charge in [0.05, 0.1) is 6.61 Å². The Morgan fingerprint density at radius 3 is 1.96 bits per heavy atom. The molecule has 0 unspecified atom stereocenters. The van der Waals surface area contributed by atoms with Gasteiger partial charge in [-0.1, -0.05) is 76.8 Å². The lowest BCUT2D eigenvalue weighted by Crippen LogP contribution is -1.97. The summed E-state index contributed by atoms with van der Waals surface area (Å²) in [6, 6.07) is 16.0. The molecule has 0 amide bonds. The molecular formula is C20H22BrClO. The molecule has 0 aromatic heterocycles. The van der Waals surface area contributed by atoms with Crippen molar-refractivity contribution in [2.75, 3.05) is 11.9 Å². The van der Waals surface area contributed by atoms with E-state index in [-0.39, 0.29) is 0 Å². The maximum atomic E-state index is 5.88. The molecule has 0 radical (unpaired) electrons. The van der Waals surface area contributed by atoms with Crippen molar-refractivity contribution >= 4 is 39.7 Å². The first-order chi connectivity index (χ1) is 11.3. The zero-order valence-corrected chi connectivity index (χ0v) is 15.5. The number of halogens is 2. The Kier molecular flexibility index (Phi) is 8.27. The lowest BCUT2D eigenvalue weighted by Gasteiger charge is -2.06. The van der Waals surface area contributed by atoms with Gasteiger partial charge in [0.15, 0.2) is 0 Å². The van der Waals surface area contributed by atoms with E-state index in [1.54, 1.807) is 0 Å². The monoisotopic (exact) mass is 392 g/mol. The van der Waals surface area contributed by atoms with Crippen molar-refractivity contribution in [3.63, 3.8) is 0 Å².